The molecule has 0 saturated heterocycles. The molecule has 2 saturated carbocycles. The molecule has 0 aromatic heterocycles. The van der Waals surface area contributed by atoms with E-state index in [1.165, 1.54) is 25.7 Å². The third-order valence-electron chi connectivity index (χ3n) is 3.83. The summed E-state index contributed by atoms with van der Waals surface area (Å²) in [5.41, 5.74) is 0.480. The van der Waals surface area contributed by atoms with Gasteiger partial charge in [-0.15, -0.1) is 0 Å². The van der Waals surface area contributed by atoms with Crippen molar-refractivity contribution in [3.63, 3.8) is 0 Å². The number of hydrogen-bond donors (Lipinski definition) is 2. The first-order valence-electron chi connectivity index (χ1n) is 6.58. The summed E-state index contributed by atoms with van der Waals surface area (Å²) in [5.74, 6) is 0.177. The first-order valence-corrected chi connectivity index (χ1v) is 6.58. The lowest BCUT2D eigenvalue weighted by molar-refractivity contribution is -0.121. The van der Waals surface area contributed by atoms with E-state index in [2.05, 4.69) is 24.5 Å². The van der Waals surface area contributed by atoms with Gasteiger partial charge in [-0.3, -0.25) is 4.79 Å². The van der Waals surface area contributed by atoms with Crippen LogP contribution in [0.25, 0.3) is 0 Å². The minimum Gasteiger partial charge on any atom is -0.352 e. The third kappa shape index (κ3) is 3.78. The van der Waals surface area contributed by atoms with Crippen LogP contribution in [0, 0.1) is 5.41 Å². The smallest absolute Gasteiger partial charge is 0.234 e. The van der Waals surface area contributed by atoms with Crippen LogP contribution in [0.4, 0.5) is 0 Å². The summed E-state index contributed by atoms with van der Waals surface area (Å²) < 4.78 is 0. The van der Waals surface area contributed by atoms with E-state index in [4.69, 9.17) is 0 Å². The van der Waals surface area contributed by atoms with Gasteiger partial charge in [0, 0.05) is 12.1 Å². The van der Waals surface area contributed by atoms with Crippen molar-refractivity contribution in [2.45, 2.75) is 64.5 Å². The number of amides is 1. The Bertz CT molecular complexity index is 249. The minimum absolute atomic E-state index is 0.177. The van der Waals surface area contributed by atoms with Crippen LogP contribution in [0.1, 0.15) is 52.4 Å². The summed E-state index contributed by atoms with van der Waals surface area (Å²) in [7, 11) is 0. The lowest BCUT2D eigenvalue weighted by atomic mass is 9.75. The molecule has 16 heavy (non-hydrogen) atoms. The van der Waals surface area contributed by atoms with Crippen molar-refractivity contribution in [1.29, 1.82) is 0 Å². The van der Waals surface area contributed by atoms with E-state index in [9.17, 15) is 4.79 Å². The summed E-state index contributed by atoms with van der Waals surface area (Å²) in [6.07, 6.45) is 7.22. The van der Waals surface area contributed by atoms with E-state index in [1.807, 2.05) is 0 Å². The minimum atomic E-state index is 0.177. The van der Waals surface area contributed by atoms with Gasteiger partial charge in [0.15, 0.2) is 0 Å². The van der Waals surface area contributed by atoms with Crippen LogP contribution < -0.4 is 10.6 Å². The van der Waals surface area contributed by atoms with E-state index in [-0.39, 0.29) is 5.91 Å². The number of nitrogens with one attached hydrogen (secondary N) is 2. The lowest BCUT2D eigenvalue weighted by Gasteiger charge is -2.34. The Labute approximate surface area is 98.4 Å². The fourth-order valence-corrected chi connectivity index (χ4v) is 2.35. The highest BCUT2D eigenvalue weighted by Gasteiger charge is 2.28. The largest absolute Gasteiger partial charge is 0.352 e. The second-order valence-electron chi connectivity index (χ2n) is 6.16. The fraction of sp³-hybridized carbons (Fsp3) is 0.923. The Morgan fingerprint density at radius 2 is 1.75 bits per heavy atom. The number of carbonyl (C=O) groups is 1. The molecular weight excluding hydrogens is 200 g/mol. The van der Waals surface area contributed by atoms with Gasteiger partial charge in [-0.2, -0.15) is 0 Å². The van der Waals surface area contributed by atoms with Crippen LogP contribution in [-0.2, 0) is 4.79 Å². The molecule has 0 aliphatic heterocycles. The zero-order valence-corrected chi connectivity index (χ0v) is 10.5. The van der Waals surface area contributed by atoms with Gasteiger partial charge in [0.25, 0.3) is 0 Å². The van der Waals surface area contributed by atoms with Gasteiger partial charge in [-0.25, -0.2) is 0 Å². The normalized spacial score (nSPS) is 25.4. The molecule has 3 heteroatoms. The van der Waals surface area contributed by atoms with Crippen LogP contribution in [0.3, 0.4) is 0 Å². The second-order valence-corrected chi connectivity index (χ2v) is 6.16. The molecule has 0 heterocycles. The molecular formula is C13H24N2O. The highest BCUT2D eigenvalue weighted by molar-refractivity contribution is 5.78. The Morgan fingerprint density at radius 1 is 1.12 bits per heavy atom. The van der Waals surface area contributed by atoms with Crippen LogP contribution >= 0.6 is 0 Å². The summed E-state index contributed by atoms with van der Waals surface area (Å²) in [6, 6.07) is 1.04. The van der Waals surface area contributed by atoms with Gasteiger partial charge in [-0.1, -0.05) is 13.8 Å². The molecule has 1 amide bonds. The zero-order chi connectivity index (χ0) is 11.6. The van der Waals surface area contributed by atoms with Crippen LogP contribution in [-0.4, -0.2) is 24.5 Å². The monoisotopic (exact) mass is 224 g/mol. The highest BCUT2D eigenvalue weighted by Crippen LogP contribution is 2.34. The summed E-state index contributed by atoms with van der Waals surface area (Å²) in [5, 5.41) is 6.39. The predicted octanol–water partition coefficient (Wildman–Crippen LogP) is 1.82. The molecule has 2 N–H and O–H groups in total. The van der Waals surface area contributed by atoms with Gasteiger partial charge in [0.2, 0.25) is 5.91 Å². The predicted molar refractivity (Wildman–Crippen MR) is 65.2 cm³/mol. The lowest BCUT2D eigenvalue weighted by Crippen LogP contribution is -2.43. The van der Waals surface area contributed by atoms with Crippen molar-refractivity contribution in [3.05, 3.63) is 0 Å². The first kappa shape index (κ1) is 11.9. The standard InChI is InChI=1S/C13H24N2O/c1-13(2)7-5-11(6-8-13)15-12(16)9-14-10-3-4-10/h10-11,14H,3-9H2,1-2H3,(H,15,16). The Hall–Kier alpha value is -0.570. The van der Waals surface area contributed by atoms with E-state index in [0.29, 0.717) is 24.0 Å². The van der Waals surface area contributed by atoms with Gasteiger partial charge in [0.05, 0.1) is 6.54 Å². The molecule has 0 radical (unpaired) electrons. The van der Waals surface area contributed by atoms with Crippen molar-refractivity contribution in [1.82, 2.24) is 10.6 Å². The molecule has 0 atom stereocenters. The Morgan fingerprint density at radius 3 is 2.31 bits per heavy atom. The highest BCUT2D eigenvalue weighted by atomic mass is 16.2. The molecule has 2 fully saturated rings. The topological polar surface area (TPSA) is 41.1 Å². The Kier molecular flexibility index (Phi) is 3.53. The Balaban J connectivity index is 1.63. The van der Waals surface area contributed by atoms with E-state index < -0.39 is 0 Å². The molecule has 0 aromatic rings. The van der Waals surface area contributed by atoms with Crippen molar-refractivity contribution in [2.75, 3.05) is 6.54 Å². The average molecular weight is 224 g/mol. The number of rotatable bonds is 4. The molecule has 0 unspecified atom stereocenters. The fourth-order valence-electron chi connectivity index (χ4n) is 2.35. The van der Waals surface area contributed by atoms with Gasteiger partial charge < -0.3 is 10.6 Å². The summed E-state index contributed by atoms with van der Waals surface area (Å²) >= 11 is 0. The molecule has 2 aliphatic rings. The van der Waals surface area contributed by atoms with Crippen LogP contribution in [0.2, 0.25) is 0 Å². The van der Waals surface area contributed by atoms with E-state index in [0.717, 1.165) is 12.8 Å². The summed E-state index contributed by atoms with van der Waals surface area (Å²) in [4.78, 5) is 11.6. The van der Waals surface area contributed by atoms with Gasteiger partial charge in [0.1, 0.15) is 0 Å². The zero-order valence-electron chi connectivity index (χ0n) is 10.5. The summed E-state index contributed by atoms with van der Waals surface area (Å²) in [6.45, 7) is 5.14. The molecule has 2 aliphatic carbocycles. The van der Waals surface area contributed by atoms with Crippen molar-refractivity contribution >= 4 is 5.91 Å². The van der Waals surface area contributed by atoms with E-state index in [1.54, 1.807) is 0 Å². The molecule has 0 spiro atoms. The van der Waals surface area contributed by atoms with Crippen LogP contribution in [0.15, 0.2) is 0 Å². The van der Waals surface area contributed by atoms with Crippen molar-refractivity contribution in [2.24, 2.45) is 5.41 Å². The SMILES string of the molecule is CC1(C)CCC(NC(=O)CNC2CC2)CC1. The van der Waals surface area contributed by atoms with Gasteiger partial charge >= 0.3 is 0 Å². The quantitative estimate of drug-likeness (QED) is 0.765. The first-order chi connectivity index (χ1) is 7.55. The maximum absolute atomic E-state index is 11.6. The molecule has 2 rings (SSSR count). The number of carbonyl (C=O) groups excluding carboxylic acids is 1. The third-order valence-corrected chi connectivity index (χ3v) is 3.83. The van der Waals surface area contributed by atoms with E-state index >= 15 is 0 Å². The molecule has 0 aromatic carbocycles. The van der Waals surface area contributed by atoms with Crippen molar-refractivity contribution in [3.8, 4) is 0 Å². The van der Waals surface area contributed by atoms with Crippen molar-refractivity contribution < 1.29 is 4.79 Å². The average Bonchev–Trinajstić information content (AvgIpc) is 3.02. The maximum atomic E-state index is 11.6. The van der Waals surface area contributed by atoms with Crippen LogP contribution in [0.5, 0.6) is 0 Å². The second kappa shape index (κ2) is 4.74. The maximum Gasteiger partial charge on any atom is 0.234 e. The number of hydrogen-bond acceptors (Lipinski definition) is 2. The molecule has 92 valence electrons. The molecule has 0 bridgehead atoms. The molecule has 3 nitrogen and oxygen atoms in total. The van der Waals surface area contributed by atoms with Gasteiger partial charge in [-0.05, 0) is 43.9 Å².